The number of piperidine rings is 2. The number of nitrogens with zero attached hydrogens (tertiary/aromatic N) is 3. The average molecular weight is 584 g/mol. The highest BCUT2D eigenvalue weighted by molar-refractivity contribution is 5.93. The van der Waals surface area contributed by atoms with E-state index in [1.54, 1.807) is 0 Å². The van der Waals surface area contributed by atoms with E-state index in [2.05, 4.69) is 59.3 Å². The summed E-state index contributed by atoms with van der Waals surface area (Å²) in [5, 5.41) is 0. The molecule has 0 unspecified atom stereocenters. The summed E-state index contributed by atoms with van der Waals surface area (Å²) in [7, 11) is 2.10. The predicted molar refractivity (Wildman–Crippen MR) is 175 cm³/mol. The molecule has 0 aromatic heterocycles. The number of esters is 1. The standard InChI is InChI=1S/C22H28N2O.C15H21NO2/c1-2-22(25)24(20-11-7-4-8-12-20)21-14-17-23(18-15-21)16-13-19-9-5-3-6-10-19;1-3-18-14(17)15(9-11-16(2)12-10-15)13-7-5-4-6-8-13/h3-12,21H,2,13-18H2,1H3;4-8H,3,9-12H2,1-2H3. The molecule has 0 radical (unpaired) electrons. The number of likely N-dealkylation sites (tertiary alicyclic amines) is 2. The smallest absolute Gasteiger partial charge is 0.316 e. The van der Waals surface area contributed by atoms with Crippen molar-refractivity contribution in [3.8, 4) is 0 Å². The Hall–Kier alpha value is -3.48. The molecule has 0 spiro atoms. The fourth-order valence-corrected chi connectivity index (χ4v) is 6.29. The van der Waals surface area contributed by atoms with Gasteiger partial charge in [0.1, 0.15) is 0 Å². The molecule has 0 saturated carbocycles. The molecule has 3 aromatic carbocycles. The highest BCUT2D eigenvalue weighted by Gasteiger charge is 2.43. The lowest BCUT2D eigenvalue weighted by atomic mass is 9.73. The van der Waals surface area contributed by atoms with E-state index in [4.69, 9.17) is 4.74 Å². The monoisotopic (exact) mass is 583 g/mol. The number of ether oxygens (including phenoxy) is 1. The molecule has 2 aliphatic rings. The van der Waals surface area contributed by atoms with Crippen LogP contribution >= 0.6 is 0 Å². The summed E-state index contributed by atoms with van der Waals surface area (Å²) in [4.78, 5) is 31.7. The van der Waals surface area contributed by atoms with E-state index in [0.717, 1.165) is 76.1 Å². The molecule has 2 saturated heterocycles. The lowest BCUT2D eigenvalue weighted by Crippen LogP contribution is -2.47. The minimum atomic E-state index is -0.441. The first kappa shape index (κ1) is 32.4. The fraction of sp³-hybridized carbons (Fsp3) is 0.459. The lowest BCUT2D eigenvalue weighted by molar-refractivity contribution is -0.152. The number of carbonyl (C=O) groups is 2. The number of hydrogen-bond acceptors (Lipinski definition) is 5. The molecule has 5 rings (SSSR count). The first-order valence-corrected chi connectivity index (χ1v) is 16.0. The van der Waals surface area contributed by atoms with Crippen molar-refractivity contribution in [1.29, 1.82) is 0 Å². The quantitative estimate of drug-likeness (QED) is 0.275. The third-order valence-electron chi connectivity index (χ3n) is 8.92. The molecule has 230 valence electrons. The Balaban J connectivity index is 0.000000208. The van der Waals surface area contributed by atoms with Gasteiger partial charge in [-0.05, 0) is 82.4 Å². The molecular weight excluding hydrogens is 534 g/mol. The van der Waals surface area contributed by atoms with Gasteiger partial charge in [0.15, 0.2) is 0 Å². The minimum Gasteiger partial charge on any atom is -0.465 e. The summed E-state index contributed by atoms with van der Waals surface area (Å²) in [6.45, 7) is 9.38. The maximum atomic E-state index is 12.5. The van der Waals surface area contributed by atoms with Crippen LogP contribution in [0, 0.1) is 0 Å². The number of amides is 1. The second-order valence-corrected chi connectivity index (χ2v) is 11.7. The van der Waals surface area contributed by atoms with E-state index in [-0.39, 0.29) is 11.9 Å². The number of anilines is 1. The summed E-state index contributed by atoms with van der Waals surface area (Å²) in [5.41, 5.74) is 3.09. The van der Waals surface area contributed by atoms with Gasteiger partial charge in [0.05, 0.1) is 12.0 Å². The number of carbonyl (C=O) groups excluding carboxylic acids is 2. The molecule has 2 aliphatic heterocycles. The third-order valence-corrected chi connectivity index (χ3v) is 8.92. The van der Waals surface area contributed by atoms with Crippen LogP contribution in [0.1, 0.15) is 57.1 Å². The highest BCUT2D eigenvalue weighted by atomic mass is 16.5. The second kappa shape index (κ2) is 16.4. The average Bonchev–Trinajstić information content (AvgIpc) is 3.06. The Labute approximate surface area is 258 Å². The minimum absolute atomic E-state index is 0.0655. The molecule has 0 aliphatic carbocycles. The van der Waals surface area contributed by atoms with Crippen LogP contribution in [0.25, 0.3) is 0 Å². The maximum Gasteiger partial charge on any atom is 0.316 e. The normalized spacial score (nSPS) is 17.4. The molecule has 2 heterocycles. The second-order valence-electron chi connectivity index (χ2n) is 11.7. The Morgan fingerprint density at radius 3 is 1.93 bits per heavy atom. The summed E-state index contributed by atoms with van der Waals surface area (Å²) in [6, 6.07) is 31.2. The van der Waals surface area contributed by atoms with E-state index in [0.29, 0.717) is 19.1 Å². The van der Waals surface area contributed by atoms with Crippen LogP contribution in [0.15, 0.2) is 91.0 Å². The van der Waals surface area contributed by atoms with Crippen LogP contribution in [0.4, 0.5) is 5.69 Å². The summed E-state index contributed by atoms with van der Waals surface area (Å²) < 4.78 is 5.32. The zero-order valence-electron chi connectivity index (χ0n) is 26.3. The predicted octanol–water partition coefficient (Wildman–Crippen LogP) is 6.35. The third kappa shape index (κ3) is 8.77. The molecule has 43 heavy (non-hydrogen) atoms. The van der Waals surface area contributed by atoms with Crippen molar-refractivity contribution >= 4 is 17.6 Å². The molecule has 6 heteroatoms. The lowest BCUT2D eigenvalue weighted by Gasteiger charge is -2.38. The van der Waals surface area contributed by atoms with Crippen molar-refractivity contribution in [2.45, 2.75) is 63.8 Å². The van der Waals surface area contributed by atoms with Crippen LogP contribution in [-0.4, -0.2) is 74.1 Å². The molecule has 0 N–H and O–H groups in total. The molecule has 6 nitrogen and oxygen atoms in total. The van der Waals surface area contributed by atoms with Gasteiger partial charge < -0.3 is 19.4 Å². The summed E-state index contributed by atoms with van der Waals surface area (Å²) >= 11 is 0. The van der Waals surface area contributed by atoms with Crippen LogP contribution in [0.5, 0.6) is 0 Å². The van der Waals surface area contributed by atoms with E-state index in [9.17, 15) is 9.59 Å². The highest BCUT2D eigenvalue weighted by Crippen LogP contribution is 2.36. The fourth-order valence-electron chi connectivity index (χ4n) is 6.29. The van der Waals surface area contributed by atoms with E-state index in [1.807, 2.05) is 67.3 Å². The summed E-state index contributed by atoms with van der Waals surface area (Å²) in [5.74, 6) is 0.165. The van der Waals surface area contributed by atoms with Gasteiger partial charge in [-0.1, -0.05) is 85.8 Å². The first-order valence-electron chi connectivity index (χ1n) is 16.0. The van der Waals surface area contributed by atoms with Gasteiger partial charge in [0.2, 0.25) is 5.91 Å². The Morgan fingerprint density at radius 1 is 0.814 bits per heavy atom. The van der Waals surface area contributed by atoms with Crippen molar-refractivity contribution in [3.63, 3.8) is 0 Å². The number of rotatable bonds is 9. The number of para-hydroxylation sites is 1. The zero-order valence-corrected chi connectivity index (χ0v) is 26.3. The van der Waals surface area contributed by atoms with Crippen LogP contribution < -0.4 is 4.90 Å². The topological polar surface area (TPSA) is 53.1 Å². The Kier molecular flexibility index (Phi) is 12.4. The maximum absolute atomic E-state index is 12.5. The molecule has 0 atom stereocenters. The number of hydrogen-bond donors (Lipinski definition) is 0. The van der Waals surface area contributed by atoms with Gasteiger partial charge in [-0.25, -0.2) is 0 Å². The van der Waals surface area contributed by atoms with E-state index >= 15 is 0 Å². The van der Waals surface area contributed by atoms with Gasteiger partial charge in [0.25, 0.3) is 0 Å². The Bertz CT molecular complexity index is 1240. The Morgan fingerprint density at radius 2 is 1.37 bits per heavy atom. The molecule has 2 fully saturated rings. The van der Waals surface area contributed by atoms with E-state index < -0.39 is 5.41 Å². The van der Waals surface area contributed by atoms with Crippen molar-refractivity contribution in [3.05, 3.63) is 102 Å². The van der Waals surface area contributed by atoms with Gasteiger partial charge in [-0.2, -0.15) is 0 Å². The van der Waals surface area contributed by atoms with Gasteiger partial charge >= 0.3 is 5.97 Å². The van der Waals surface area contributed by atoms with Crippen LogP contribution in [0.3, 0.4) is 0 Å². The summed E-state index contributed by atoms with van der Waals surface area (Å²) in [6.07, 6.45) is 5.44. The van der Waals surface area contributed by atoms with Crippen LogP contribution in [-0.2, 0) is 26.2 Å². The first-order chi connectivity index (χ1) is 21.0. The van der Waals surface area contributed by atoms with Gasteiger partial charge in [0, 0.05) is 37.8 Å². The zero-order chi connectivity index (χ0) is 30.5. The van der Waals surface area contributed by atoms with Crippen molar-refractivity contribution in [2.75, 3.05) is 51.3 Å². The van der Waals surface area contributed by atoms with E-state index in [1.165, 1.54) is 5.56 Å². The molecular formula is C37H49N3O3. The van der Waals surface area contributed by atoms with Gasteiger partial charge in [-0.3, -0.25) is 9.59 Å². The molecule has 0 bridgehead atoms. The largest absolute Gasteiger partial charge is 0.465 e. The van der Waals surface area contributed by atoms with Crippen LogP contribution in [0.2, 0.25) is 0 Å². The van der Waals surface area contributed by atoms with Gasteiger partial charge in [-0.15, -0.1) is 0 Å². The molecule has 1 amide bonds. The SMILES string of the molecule is CCC(=O)N(c1ccccc1)C1CCN(CCc2ccccc2)CC1.CCOC(=O)C1(c2ccccc2)CCN(C)CC1. The van der Waals surface area contributed by atoms with Crippen molar-refractivity contribution in [1.82, 2.24) is 9.80 Å². The van der Waals surface area contributed by atoms with Crippen molar-refractivity contribution < 1.29 is 14.3 Å². The number of benzene rings is 3. The van der Waals surface area contributed by atoms with Crippen molar-refractivity contribution in [2.24, 2.45) is 0 Å². The molecule has 3 aromatic rings.